The topological polar surface area (TPSA) is 49.3 Å². The maximum atomic E-state index is 12.2. The van der Waals surface area contributed by atoms with Crippen LogP contribution in [-0.4, -0.2) is 24.2 Å². The van der Waals surface area contributed by atoms with E-state index >= 15 is 0 Å². The molecule has 0 unspecified atom stereocenters. The monoisotopic (exact) mass is 373 g/mol. The number of rotatable bonds is 4. The summed E-state index contributed by atoms with van der Waals surface area (Å²) in [4.78, 5) is 12.2. The number of hydrogen-bond acceptors (Lipinski definition) is 2. The van der Waals surface area contributed by atoms with Crippen molar-refractivity contribution >= 4 is 28.5 Å². The third kappa shape index (κ3) is 3.69. The van der Waals surface area contributed by atoms with Gasteiger partial charge in [-0.25, -0.2) is 0 Å². The van der Waals surface area contributed by atoms with Gasteiger partial charge < -0.3 is 10.4 Å². The van der Waals surface area contributed by atoms with E-state index in [2.05, 4.69) is 27.9 Å². The molecule has 2 N–H and O–H groups in total. The lowest BCUT2D eigenvalue weighted by Crippen LogP contribution is -2.41. The normalized spacial score (nSPS) is 18.0. The van der Waals surface area contributed by atoms with Gasteiger partial charge in [0.2, 0.25) is 0 Å². The van der Waals surface area contributed by atoms with Crippen LogP contribution in [0.4, 0.5) is 0 Å². The van der Waals surface area contributed by atoms with Gasteiger partial charge in [-0.1, -0.05) is 31.4 Å². The Morgan fingerprint density at radius 1 is 1.26 bits per heavy atom. The van der Waals surface area contributed by atoms with Crippen molar-refractivity contribution in [2.45, 2.75) is 32.1 Å². The number of nitrogens with one attached hydrogen (secondary N) is 1. The molecule has 0 aromatic heterocycles. The number of aliphatic hydroxyl groups is 1. The first-order valence-electron chi connectivity index (χ1n) is 6.80. The van der Waals surface area contributed by atoms with Gasteiger partial charge in [0, 0.05) is 15.5 Å². The minimum Gasteiger partial charge on any atom is -0.396 e. The summed E-state index contributed by atoms with van der Waals surface area (Å²) in [7, 11) is 0. The van der Waals surface area contributed by atoms with Crippen molar-refractivity contribution in [1.82, 2.24) is 5.32 Å². The van der Waals surface area contributed by atoms with E-state index in [1.165, 1.54) is 6.42 Å². The highest BCUT2D eigenvalue weighted by Gasteiger charge is 2.31. The zero-order valence-corrected chi connectivity index (χ0v) is 13.2. The highest BCUT2D eigenvalue weighted by Crippen LogP contribution is 2.35. The second-order valence-electron chi connectivity index (χ2n) is 5.38. The Bertz CT molecular complexity index is 442. The van der Waals surface area contributed by atoms with E-state index in [4.69, 9.17) is 0 Å². The van der Waals surface area contributed by atoms with Gasteiger partial charge in [0.25, 0.3) is 5.91 Å². The molecule has 0 saturated heterocycles. The number of carbonyl (C=O) groups excluding carboxylic acids is 1. The quantitative estimate of drug-likeness (QED) is 0.798. The summed E-state index contributed by atoms with van der Waals surface area (Å²) in [5.41, 5.74) is 0.612. The van der Waals surface area contributed by atoms with Crippen molar-refractivity contribution in [3.8, 4) is 0 Å². The van der Waals surface area contributed by atoms with Crippen LogP contribution in [0.5, 0.6) is 0 Å². The molecule has 0 bridgehead atoms. The zero-order chi connectivity index (χ0) is 13.7. The van der Waals surface area contributed by atoms with Crippen LogP contribution in [0.15, 0.2) is 24.3 Å². The predicted octanol–water partition coefficient (Wildman–Crippen LogP) is 2.96. The van der Waals surface area contributed by atoms with E-state index in [-0.39, 0.29) is 17.9 Å². The average Bonchev–Trinajstić information content (AvgIpc) is 2.46. The second kappa shape index (κ2) is 6.70. The van der Waals surface area contributed by atoms with Gasteiger partial charge in [0.15, 0.2) is 0 Å². The van der Waals surface area contributed by atoms with Gasteiger partial charge in [-0.05, 0) is 47.6 Å². The average molecular weight is 373 g/mol. The molecular weight excluding hydrogens is 353 g/mol. The molecule has 1 fully saturated rings. The lowest BCUT2D eigenvalue weighted by atomic mass is 9.74. The van der Waals surface area contributed by atoms with E-state index in [1.807, 2.05) is 24.3 Å². The first-order chi connectivity index (χ1) is 9.17. The van der Waals surface area contributed by atoms with E-state index < -0.39 is 0 Å². The molecule has 1 aliphatic rings. The fourth-order valence-corrected chi connectivity index (χ4v) is 3.33. The van der Waals surface area contributed by atoms with Crippen molar-refractivity contribution < 1.29 is 9.90 Å². The van der Waals surface area contributed by atoms with E-state index in [1.54, 1.807) is 0 Å². The molecule has 2 rings (SSSR count). The largest absolute Gasteiger partial charge is 0.396 e. The molecule has 1 saturated carbocycles. The standard InChI is InChI=1S/C15H20INO2/c16-13-7-3-2-6-12(13)14(19)17-10-15(11-18)8-4-1-5-9-15/h2-3,6-7,18H,1,4-5,8-11H2,(H,17,19). The number of carbonyl (C=O) groups is 1. The van der Waals surface area contributed by atoms with Crippen LogP contribution in [0.3, 0.4) is 0 Å². The summed E-state index contributed by atoms with van der Waals surface area (Å²) in [5, 5.41) is 12.6. The lowest BCUT2D eigenvalue weighted by molar-refractivity contribution is 0.0717. The second-order valence-corrected chi connectivity index (χ2v) is 6.54. The Morgan fingerprint density at radius 3 is 2.58 bits per heavy atom. The molecule has 0 spiro atoms. The van der Waals surface area contributed by atoms with Crippen molar-refractivity contribution in [1.29, 1.82) is 0 Å². The Balaban J connectivity index is 1.98. The highest BCUT2D eigenvalue weighted by atomic mass is 127. The van der Waals surface area contributed by atoms with Crippen LogP contribution >= 0.6 is 22.6 Å². The number of aliphatic hydroxyl groups excluding tert-OH is 1. The first kappa shape index (κ1) is 14.8. The molecule has 0 atom stereocenters. The molecule has 1 aliphatic carbocycles. The molecule has 19 heavy (non-hydrogen) atoms. The molecule has 1 aromatic carbocycles. The summed E-state index contributed by atoms with van der Waals surface area (Å²) in [5.74, 6) is -0.0385. The van der Waals surface area contributed by atoms with Crippen LogP contribution in [0, 0.1) is 8.99 Å². The minimum atomic E-state index is -0.103. The summed E-state index contributed by atoms with van der Waals surface area (Å²) in [6, 6.07) is 7.57. The zero-order valence-electron chi connectivity index (χ0n) is 11.0. The molecule has 0 aliphatic heterocycles. The Kier molecular flexibility index (Phi) is 5.21. The van der Waals surface area contributed by atoms with E-state index in [0.29, 0.717) is 12.1 Å². The molecule has 0 heterocycles. The number of benzene rings is 1. The third-order valence-corrected chi connectivity index (χ3v) is 4.93. The fraction of sp³-hybridized carbons (Fsp3) is 0.533. The number of amides is 1. The van der Waals surface area contributed by atoms with Gasteiger partial charge in [-0.15, -0.1) is 0 Å². The smallest absolute Gasteiger partial charge is 0.252 e. The van der Waals surface area contributed by atoms with Crippen LogP contribution in [-0.2, 0) is 0 Å². The van der Waals surface area contributed by atoms with Crippen LogP contribution in [0.25, 0.3) is 0 Å². The number of halogens is 1. The molecule has 3 nitrogen and oxygen atoms in total. The van der Waals surface area contributed by atoms with Crippen molar-refractivity contribution in [3.05, 3.63) is 33.4 Å². The third-order valence-electron chi connectivity index (χ3n) is 3.99. The lowest BCUT2D eigenvalue weighted by Gasteiger charge is -2.35. The van der Waals surface area contributed by atoms with Crippen LogP contribution in [0.2, 0.25) is 0 Å². The molecule has 4 heteroatoms. The summed E-state index contributed by atoms with van der Waals surface area (Å²) in [6.45, 7) is 0.743. The van der Waals surface area contributed by atoms with Crippen molar-refractivity contribution in [3.63, 3.8) is 0 Å². The Hall–Kier alpha value is -0.620. The van der Waals surface area contributed by atoms with E-state index in [9.17, 15) is 9.90 Å². The van der Waals surface area contributed by atoms with Gasteiger partial charge in [-0.2, -0.15) is 0 Å². The van der Waals surface area contributed by atoms with Gasteiger partial charge in [0.1, 0.15) is 0 Å². The fourth-order valence-electron chi connectivity index (χ4n) is 2.70. The Labute approximate surface area is 127 Å². The summed E-state index contributed by atoms with van der Waals surface area (Å²) in [6.07, 6.45) is 5.57. The summed E-state index contributed by atoms with van der Waals surface area (Å²) < 4.78 is 0.958. The molecule has 1 aromatic rings. The van der Waals surface area contributed by atoms with Gasteiger partial charge in [-0.3, -0.25) is 4.79 Å². The molecule has 0 radical (unpaired) electrons. The predicted molar refractivity (Wildman–Crippen MR) is 84.1 cm³/mol. The molecular formula is C15H20INO2. The van der Waals surface area contributed by atoms with Crippen molar-refractivity contribution in [2.24, 2.45) is 5.41 Å². The van der Waals surface area contributed by atoms with E-state index in [0.717, 1.165) is 29.3 Å². The SMILES string of the molecule is O=C(NCC1(CO)CCCCC1)c1ccccc1I. The van der Waals surface area contributed by atoms with Gasteiger partial charge in [0.05, 0.1) is 12.2 Å². The van der Waals surface area contributed by atoms with Crippen LogP contribution in [0.1, 0.15) is 42.5 Å². The number of hydrogen-bond donors (Lipinski definition) is 2. The first-order valence-corrected chi connectivity index (χ1v) is 7.88. The Morgan fingerprint density at radius 2 is 1.95 bits per heavy atom. The maximum absolute atomic E-state index is 12.2. The highest BCUT2D eigenvalue weighted by molar-refractivity contribution is 14.1. The maximum Gasteiger partial charge on any atom is 0.252 e. The van der Waals surface area contributed by atoms with Crippen molar-refractivity contribution in [2.75, 3.05) is 13.2 Å². The van der Waals surface area contributed by atoms with Gasteiger partial charge >= 0.3 is 0 Å². The summed E-state index contributed by atoms with van der Waals surface area (Å²) >= 11 is 2.17. The molecule has 1 amide bonds. The molecule has 104 valence electrons. The van der Waals surface area contributed by atoms with Crippen LogP contribution < -0.4 is 5.32 Å². The minimum absolute atomic E-state index is 0.0385.